The molecule has 6 nitrogen and oxygen atoms in total. The van der Waals surface area contributed by atoms with Crippen LogP contribution in [0.15, 0.2) is 12.3 Å². The summed E-state index contributed by atoms with van der Waals surface area (Å²) in [6.45, 7) is 0.359. The van der Waals surface area contributed by atoms with Crippen molar-refractivity contribution in [2.45, 2.75) is 6.54 Å². The third kappa shape index (κ3) is 2.61. The molecule has 0 aliphatic rings. The second kappa shape index (κ2) is 4.95. The Bertz CT molecular complexity index is 575. The number of nitrogens with one attached hydrogen (secondary N) is 1. The summed E-state index contributed by atoms with van der Waals surface area (Å²) in [7, 11) is 0. The molecular formula is C9H7ClN6S. The van der Waals surface area contributed by atoms with Gasteiger partial charge in [0, 0.05) is 6.20 Å². The van der Waals surface area contributed by atoms with E-state index in [9.17, 15) is 0 Å². The third-order valence-electron chi connectivity index (χ3n) is 1.90. The molecule has 0 radical (unpaired) electrons. The Morgan fingerprint density at radius 3 is 3.12 bits per heavy atom. The summed E-state index contributed by atoms with van der Waals surface area (Å²) in [5.74, 6) is 0.943. The number of anilines is 2. The lowest BCUT2D eigenvalue weighted by Crippen LogP contribution is -2.05. The molecule has 0 aromatic carbocycles. The van der Waals surface area contributed by atoms with Gasteiger partial charge in [-0.15, -0.1) is 0 Å². The van der Waals surface area contributed by atoms with Gasteiger partial charge in [0.2, 0.25) is 0 Å². The van der Waals surface area contributed by atoms with Crippen LogP contribution in [0.3, 0.4) is 0 Å². The fourth-order valence-electron chi connectivity index (χ4n) is 1.15. The standard InChI is InChI=1S/C9H7ClN6S/c10-8-5(3-11)9(17-16-8)14-4-7-13-2-1-6(12)15-7/h1-2,14H,4H2,(H2,12,13,15). The van der Waals surface area contributed by atoms with Gasteiger partial charge >= 0.3 is 0 Å². The van der Waals surface area contributed by atoms with Crippen molar-refractivity contribution in [3.05, 3.63) is 28.8 Å². The Labute approximate surface area is 106 Å². The Morgan fingerprint density at radius 1 is 1.59 bits per heavy atom. The Morgan fingerprint density at radius 2 is 2.41 bits per heavy atom. The first-order valence-corrected chi connectivity index (χ1v) is 5.72. The van der Waals surface area contributed by atoms with Gasteiger partial charge in [0.25, 0.3) is 0 Å². The van der Waals surface area contributed by atoms with Crippen LogP contribution >= 0.6 is 23.1 Å². The van der Waals surface area contributed by atoms with E-state index in [1.54, 1.807) is 12.3 Å². The molecule has 0 unspecified atom stereocenters. The second-order valence-electron chi connectivity index (χ2n) is 3.04. The highest BCUT2D eigenvalue weighted by atomic mass is 35.5. The first-order chi connectivity index (χ1) is 8.20. The molecule has 0 amide bonds. The van der Waals surface area contributed by atoms with E-state index in [0.717, 1.165) is 11.5 Å². The van der Waals surface area contributed by atoms with E-state index in [1.807, 2.05) is 6.07 Å². The summed E-state index contributed by atoms with van der Waals surface area (Å²) in [4.78, 5) is 8.05. The van der Waals surface area contributed by atoms with Gasteiger partial charge in [0.1, 0.15) is 28.3 Å². The Hall–Kier alpha value is -1.91. The maximum absolute atomic E-state index is 8.87. The summed E-state index contributed by atoms with van der Waals surface area (Å²) in [6.07, 6.45) is 1.57. The number of nitrogens with zero attached hydrogens (tertiary/aromatic N) is 4. The van der Waals surface area contributed by atoms with Crippen LogP contribution < -0.4 is 11.1 Å². The summed E-state index contributed by atoms with van der Waals surface area (Å²) in [6, 6.07) is 3.58. The molecule has 2 heterocycles. The third-order valence-corrected chi connectivity index (χ3v) is 3.07. The van der Waals surface area contributed by atoms with Crippen molar-refractivity contribution < 1.29 is 0 Å². The van der Waals surface area contributed by atoms with Crippen molar-refractivity contribution in [1.29, 1.82) is 5.26 Å². The first-order valence-electron chi connectivity index (χ1n) is 4.57. The molecule has 0 spiro atoms. The molecule has 0 saturated carbocycles. The predicted octanol–water partition coefficient (Wildman–Crippen LogP) is 1.65. The first kappa shape index (κ1) is 11.6. The van der Waals surface area contributed by atoms with Crippen LogP contribution in [0.1, 0.15) is 11.4 Å². The van der Waals surface area contributed by atoms with Crippen LogP contribution in [0.25, 0.3) is 0 Å². The van der Waals surface area contributed by atoms with E-state index in [2.05, 4.69) is 19.7 Å². The quantitative estimate of drug-likeness (QED) is 0.876. The zero-order valence-electron chi connectivity index (χ0n) is 8.51. The Balaban J connectivity index is 2.10. The molecule has 86 valence electrons. The van der Waals surface area contributed by atoms with Gasteiger partial charge in [-0.2, -0.15) is 9.64 Å². The number of aromatic nitrogens is 3. The van der Waals surface area contributed by atoms with Gasteiger partial charge in [-0.25, -0.2) is 9.97 Å². The van der Waals surface area contributed by atoms with Gasteiger partial charge in [-0.05, 0) is 17.6 Å². The lowest BCUT2D eigenvalue weighted by Gasteiger charge is -2.02. The van der Waals surface area contributed by atoms with E-state index >= 15 is 0 Å². The smallest absolute Gasteiger partial charge is 0.162 e. The van der Waals surface area contributed by atoms with Crippen LogP contribution in [0.2, 0.25) is 5.15 Å². The fraction of sp³-hybridized carbons (Fsp3) is 0.111. The molecule has 0 atom stereocenters. The highest BCUT2D eigenvalue weighted by Crippen LogP contribution is 2.27. The minimum Gasteiger partial charge on any atom is -0.384 e. The molecule has 17 heavy (non-hydrogen) atoms. The van der Waals surface area contributed by atoms with E-state index < -0.39 is 0 Å². The van der Waals surface area contributed by atoms with Gasteiger partial charge < -0.3 is 11.1 Å². The van der Waals surface area contributed by atoms with Crippen molar-refractivity contribution in [1.82, 2.24) is 14.3 Å². The largest absolute Gasteiger partial charge is 0.384 e. The van der Waals surface area contributed by atoms with Gasteiger partial charge in [-0.1, -0.05) is 11.6 Å². The maximum atomic E-state index is 8.87. The van der Waals surface area contributed by atoms with E-state index in [-0.39, 0.29) is 5.15 Å². The van der Waals surface area contributed by atoms with Crippen molar-refractivity contribution in [2.75, 3.05) is 11.1 Å². The number of nitrogen functional groups attached to an aromatic ring is 1. The molecule has 2 rings (SSSR count). The number of hydrogen-bond donors (Lipinski definition) is 2. The monoisotopic (exact) mass is 266 g/mol. The molecule has 2 aromatic rings. The number of nitriles is 1. The summed E-state index contributed by atoms with van der Waals surface area (Å²) in [5, 5.41) is 12.7. The zero-order valence-corrected chi connectivity index (χ0v) is 10.1. The van der Waals surface area contributed by atoms with Gasteiger partial charge in [-0.3, -0.25) is 0 Å². The fourth-order valence-corrected chi connectivity index (χ4v) is 2.08. The lowest BCUT2D eigenvalue weighted by atomic mass is 10.4. The molecule has 0 aliphatic heterocycles. The van der Waals surface area contributed by atoms with E-state index in [1.165, 1.54) is 0 Å². The molecule has 2 aromatic heterocycles. The minimum absolute atomic E-state index is 0.202. The van der Waals surface area contributed by atoms with Crippen LogP contribution in [-0.2, 0) is 6.54 Å². The van der Waals surface area contributed by atoms with Crippen molar-refractivity contribution >= 4 is 34.0 Å². The molecule has 0 bridgehead atoms. The highest BCUT2D eigenvalue weighted by molar-refractivity contribution is 7.10. The van der Waals surface area contributed by atoms with Gasteiger partial charge in [0.15, 0.2) is 5.15 Å². The average molecular weight is 267 g/mol. The number of nitrogens with two attached hydrogens (primary N) is 1. The summed E-state index contributed by atoms with van der Waals surface area (Å²) < 4.78 is 3.87. The van der Waals surface area contributed by atoms with Crippen LogP contribution in [0, 0.1) is 11.3 Å². The topological polar surface area (TPSA) is 101 Å². The van der Waals surface area contributed by atoms with Crippen molar-refractivity contribution in [3.8, 4) is 6.07 Å². The lowest BCUT2D eigenvalue weighted by molar-refractivity contribution is 0.957. The van der Waals surface area contributed by atoms with Crippen LogP contribution in [0.5, 0.6) is 0 Å². The molecule has 0 saturated heterocycles. The SMILES string of the molecule is N#Cc1c(Cl)nsc1NCc1nccc(N)n1. The maximum Gasteiger partial charge on any atom is 0.162 e. The van der Waals surface area contributed by atoms with E-state index in [0.29, 0.717) is 28.8 Å². The average Bonchev–Trinajstić information content (AvgIpc) is 2.67. The molecule has 8 heteroatoms. The van der Waals surface area contributed by atoms with Crippen LogP contribution in [0.4, 0.5) is 10.8 Å². The molecular weight excluding hydrogens is 260 g/mol. The second-order valence-corrected chi connectivity index (χ2v) is 4.17. The normalized spacial score (nSPS) is 9.88. The van der Waals surface area contributed by atoms with Crippen molar-refractivity contribution in [3.63, 3.8) is 0 Å². The predicted molar refractivity (Wildman–Crippen MR) is 65.6 cm³/mol. The molecule has 3 N–H and O–H groups in total. The Kier molecular flexibility index (Phi) is 3.37. The summed E-state index contributed by atoms with van der Waals surface area (Å²) in [5.41, 5.74) is 5.86. The van der Waals surface area contributed by atoms with E-state index in [4.69, 9.17) is 22.6 Å². The number of halogens is 1. The van der Waals surface area contributed by atoms with Crippen molar-refractivity contribution in [2.24, 2.45) is 0 Å². The minimum atomic E-state index is 0.202. The number of rotatable bonds is 3. The molecule has 0 fully saturated rings. The number of hydrogen-bond acceptors (Lipinski definition) is 7. The molecule has 0 aliphatic carbocycles. The zero-order chi connectivity index (χ0) is 12.3. The highest BCUT2D eigenvalue weighted by Gasteiger charge is 2.11. The van der Waals surface area contributed by atoms with Gasteiger partial charge in [0.05, 0.1) is 6.54 Å². The summed E-state index contributed by atoms with van der Waals surface area (Å²) >= 11 is 6.86. The van der Waals surface area contributed by atoms with Crippen LogP contribution in [-0.4, -0.2) is 14.3 Å².